The van der Waals surface area contributed by atoms with Crippen molar-refractivity contribution in [2.45, 2.75) is 26.9 Å². The molecule has 2 aromatic carbocycles. The lowest BCUT2D eigenvalue weighted by Crippen LogP contribution is -2.26. The highest BCUT2D eigenvalue weighted by molar-refractivity contribution is 5.95. The third-order valence-electron chi connectivity index (χ3n) is 4.86. The molecular weight excluding hydrogens is 385 g/mol. The Morgan fingerprint density at radius 3 is 2.53 bits per heavy atom. The molecule has 3 rings (SSSR count). The Hall–Kier alpha value is -3.48. The lowest BCUT2D eigenvalue weighted by molar-refractivity contribution is -0.144. The summed E-state index contributed by atoms with van der Waals surface area (Å²) in [5.74, 6) is -1.21. The molecule has 0 aliphatic heterocycles. The average molecular weight is 409 g/mol. The number of aryl methyl sites for hydroxylation is 2. The van der Waals surface area contributed by atoms with Gasteiger partial charge >= 0.3 is 5.97 Å². The van der Waals surface area contributed by atoms with Crippen molar-refractivity contribution in [2.24, 2.45) is 7.05 Å². The van der Waals surface area contributed by atoms with Gasteiger partial charge in [0.1, 0.15) is 12.4 Å². The second-order valence-electron chi connectivity index (χ2n) is 7.02. The minimum atomic E-state index is -0.421. The second-order valence-corrected chi connectivity index (χ2v) is 7.02. The Morgan fingerprint density at radius 1 is 1.13 bits per heavy atom. The molecule has 30 heavy (non-hydrogen) atoms. The highest BCUT2D eigenvalue weighted by Gasteiger charge is 2.18. The Bertz CT molecular complexity index is 1060. The molecule has 0 atom stereocenters. The first kappa shape index (κ1) is 21.2. The third kappa shape index (κ3) is 4.92. The van der Waals surface area contributed by atoms with Gasteiger partial charge in [0.2, 0.25) is 0 Å². The minimum Gasteiger partial charge on any atom is -0.461 e. The number of rotatable bonds is 7. The van der Waals surface area contributed by atoms with E-state index in [1.165, 1.54) is 18.2 Å². The van der Waals surface area contributed by atoms with Crippen LogP contribution in [0.4, 0.5) is 4.39 Å². The predicted molar refractivity (Wildman–Crippen MR) is 111 cm³/mol. The van der Waals surface area contributed by atoms with E-state index < -0.39 is 11.8 Å². The number of ether oxygens (including phenoxy) is 1. The number of hydrogen-bond acceptors (Lipinski definition) is 4. The van der Waals surface area contributed by atoms with Crippen molar-refractivity contribution in [2.75, 3.05) is 6.54 Å². The molecular formula is C23H24FN3O3. The number of esters is 1. The van der Waals surface area contributed by atoms with Crippen molar-refractivity contribution >= 4 is 11.9 Å². The van der Waals surface area contributed by atoms with Crippen LogP contribution in [-0.2, 0) is 23.2 Å². The highest BCUT2D eigenvalue weighted by atomic mass is 19.1. The van der Waals surface area contributed by atoms with Gasteiger partial charge in [-0.1, -0.05) is 30.3 Å². The lowest BCUT2D eigenvalue weighted by Gasteiger charge is -2.09. The van der Waals surface area contributed by atoms with Gasteiger partial charge in [-0.2, -0.15) is 5.10 Å². The van der Waals surface area contributed by atoms with Crippen LogP contribution in [0.15, 0.2) is 48.5 Å². The molecule has 7 heteroatoms. The number of amides is 1. The first-order chi connectivity index (χ1) is 14.4. The van der Waals surface area contributed by atoms with E-state index in [1.54, 1.807) is 18.7 Å². The zero-order valence-corrected chi connectivity index (χ0v) is 17.2. The number of nitrogens with zero attached hydrogens (tertiary/aromatic N) is 2. The Labute approximate surface area is 174 Å². The molecule has 1 aromatic heterocycles. The number of aromatic nitrogens is 2. The topological polar surface area (TPSA) is 73.2 Å². The van der Waals surface area contributed by atoms with E-state index in [9.17, 15) is 14.0 Å². The fraction of sp³-hybridized carbons (Fsp3) is 0.261. The second kappa shape index (κ2) is 9.35. The van der Waals surface area contributed by atoms with Crippen LogP contribution in [0.1, 0.15) is 33.7 Å². The van der Waals surface area contributed by atoms with E-state index in [0.29, 0.717) is 22.4 Å². The Kier molecular flexibility index (Phi) is 6.61. The predicted octanol–water partition coefficient (Wildman–Crippen LogP) is 3.71. The van der Waals surface area contributed by atoms with Crippen molar-refractivity contribution in [1.29, 1.82) is 0 Å². The van der Waals surface area contributed by atoms with Crippen molar-refractivity contribution in [3.8, 4) is 11.1 Å². The number of hydrogen-bond donors (Lipinski definition) is 1. The molecule has 0 spiro atoms. The van der Waals surface area contributed by atoms with Crippen LogP contribution < -0.4 is 5.32 Å². The van der Waals surface area contributed by atoms with Crippen molar-refractivity contribution < 1.29 is 18.7 Å². The maximum atomic E-state index is 14.4. The SMILES string of the molecule is Cc1nn(C)c(C)c1-c1cc(C(=O)NCCC(=O)OCc2ccccc2)ccc1F. The van der Waals surface area contributed by atoms with E-state index in [0.717, 1.165) is 11.3 Å². The summed E-state index contributed by atoms with van der Waals surface area (Å²) in [6, 6.07) is 13.6. The van der Waals surface area contributed by atoms with Crippen LogP contribution in [0.3, 0.4) is 0 Å². The molecule has 0 fully saturated rings. The molecule has 0 unspecified atom stereocenters. The largest absolute Gasteiger partial charge is 0.461 e. The van der Waals surface area contributed by atoms with Gasteiger partial charge in [0.15, 0.2) is 0 Å². The summed E-state index contributed by atoms with van der Waals surface area (Å²) in [6.45, 7) is 3.97. The fourth-order valence-corrected chi connectivity index (χ4v) is 3.21. The summed E-state index contributed by atoms with van der Waals surface area (Å²) in [7, 11) is 1.79. The van der Waals surface area contributed by atoms with Crippen LogP contribution in [-0.4, -0.2) is 28.2 Å². The monoisotopic (exact) mass is 409 g/mol. The summed E-state index contributed by atoms with van der Waals surface area (Å²) >= 11 is 0. The molecule has 0 aliphatic carbocycles. The summed E-state index contributed by atoms with van der Waals surface area (Å²) in [5, 5.41) is 6.99. The van der Waals surface area contributed by atoms with Crippen molar-refractivity contribution in [3.05, 3.63) is 76.9 Å². The normalized spacial score (nSPS) is 10.7. The molecule has 0 aliphatic rings. The molecule has 0 saturated heterocycles. The van der Waals surface area contributed by atoms with Gasteiger partial charge in [0, 0.05) is 36.0 Å². The molecule has 0 bridgehead atoms. The third-order valence-corrected chi connectivity index (χ3v) is 4.86. The van der Waals surface area contributed by atoms with E-state index in [4.69, 9.17) is 4.74 Å². The van der Waals surface area contributed by atoms with Gasteiger partial charge in [-0.15, -0.1) is 0 Å². The number of carbonyl (C=O) groups is 2. The highest BCUT2D eigenvalue weighted by Crippen LogP contribution is 2.29. The molecule has 1 heterocycles. The first-order valence-electron chi connectivity index (χ1n) is 9.64. The van der Waals surface area contributed by atoms with Crippen LogP contribution >= 0.6 is 0 Å². The molecule has 1 N–H and O–H groups in total. The quantitative estimate of drug-likeness (QED) is 0.604. The Balaban J connectivity index is 1.59. The standard InChI is InChI=1S/C23H24FN3O3/c1-15-22(16(2)27(3)26-15)19-13-18(9-10-20(19)24)23(29)25-12-11-21(28)30-14-17-7-5-4-6-8-17/h4-10,13H,11-12,14H2,1-3H3,(H,25,29). The van der Waals surface area contributed by atoms with E-state index in [-0.39, 0.29) is 25.5 Å². The Morgan fingerprint density at radius 2 is 1.87 bits per heavy atom. The maximum Gasteiger partial charge on any atom is 0.307 e. The fourth-order valence-electron chi connectivity index (χ4n) is 3.21. The van der Waals surface area contributed by atoms with Gasteiger partial charge in [-0.05, 0) is 37.6 Å². The van der Waals surface area contributed by atoms with Gasteiger partial charge in [0.05, 0.1) is 12.1 Å². The van der Waals surface area contributed by atoms with Gasteiger partial charge in [-0.25, -0.2) is 4.39 Å². The molecule has 156 valence electrons. The van der Waals surface area contributed by atoms with Crippen LogP contribution in [0.2, 0.25) is 0 Å². The summed E-state index contributed by atoms with van der Waals surface area (Å²) in [4.78, 5) is 24.3. The van der Waals surface area contributed by atoms with E-state index >= 15 is 0 Å². The average Bonchev–Trinajstić information content (AvgIpc) is 2.99. The number of nitrogens with one attached hydrogen (secondary N) is 1. The van der Waals surface area contributed by atoms with Crippen molar-refractivity contribution in [3.63, 3.8) is 0 Å². The summed E-state index contributed by atoms with van der Waals surface area (Å²) < 4.78 is 21.3. The molecule has 0 saturated carbocycles. The number of halogens is 1. The summed E-state index contributed by atoms with van der Waals surface area (Å²) in [5.41, 5.74) is 3.71. The summed E-state index contributed by atoms with van der Waals surface area (Å²) in [6.07, 6.45) is 0.0491. The first-order valence-corrected chi connectivity index (χ1v) is 9.64. The zero-order valence-electron chi connectivity index (χ0n) is 17.2. The number of benzene rings is 2. The smallest absolute Gasteiger partial charge is 0.307 e. The van der Waals surface area contributed by atoms with Crippen LogP contribution in [0.5, 0.6) is 0 Å². The van der Waals surface area contributed by atoms with E-state index in [2.05, 4.69) is 10.4 Å². The number of carbonyl (C=O) groups excluding carboxylic acids is 2. The van der Waals surface area contributed by atoms with E-state index in [1.807, 2.05) is 37.3 Å². The van der Waals surface area contributed by atoms with Gasteiger partial charge in [-0.3, -0.25) is 14.3 Å². The van der Waals surface area contributed by atoms with Crippen LogP contribution in [0.25, 0.3) is 11.1 Å². The zero-order chi connectivity index (χ0) is 21.7. The molecule has 0 radical (unpaired) electrons. The molecule has 6 nitrogen and oxygen atoms in total. The molecule has 3 aromatic rings. The molecule has 1 amide bonds. The van der Waals surface area contributed by atoms with Gasteiger partial charge < -0.3 is 10.1 Å². The van der Waals surface area contributed by atoms with Crippen LogP contribution in [0, 0.1) is 19.7 Å². The maximum absolute atomic E-state index is 14.4. The van der Waals surface area contributed by atoms with Crippen molar-refractivity contribution in [1.82, 2.24) is 15.1 Å². The van der Waals surface area contributed by atoms with Gasteiger partial charge in [0.25, 0.3) is 5.91 Å². The minimum absolute atomic E-state index is 0.0491. The lowest BCUT2D eigenvalue weighted by atomic mass is 10.0.